The second-order valence-electron chi connectivity index (χ2n) is 13.6. The molecule has 0 aliphatic heterocycles. The van der Waals surface area contributed by atoms with E-state index in [0.717, 1.165) is 19.4 Å². The minimum atomic E-state index is -5.51. The monoisotopic (exact) mass is 776 g/mol. The van der Waals surface area contributed by atoms with Gasteiger partial charge in [-0.15, -0.1) is 0 Å². The van der Waals surface area contributed by atoms with Gasteiger partial charge in [-0.2, -0.15) is 20.5 Å². The molecule has 14 heteroatoms. The summed E-state index contributed by atoms with van der Waals surface area (Å²) < 4.78 is 59.6. The number of carbonyl (C=O) groups excluding carboxylic acids is 1. The Bertz CT molecular complexity index is 831. The van der Waals surface area contributed by atoms with Gasteiger partial charge in [0.25, 0.3) is 0 Å². The van der Waals surface area contributed by atoms with Crippen molar-refractivity contribution in [1.82, 2.24) is 5.32 Å². The Morgan fingerprint density at radius 1 is 0.686 bits per heavy atom. The smallest absolute Gasteiger partial charge is 0.379 e. The first kappa shape index (κ1) is 50.6. The number of carbonyl (C=O) groups is 1. The number of ether oxygens (including phenoxy) is 4. The lowest BCUT2D eigenvalue weighted by molar-refractivity contribution is -0.122. The minimum Gasteiger partial charge on any atom is -0.379 e. The van der Waals surface area contributed by atoms with Gasteiger partial charge in [-0.3, -0.25) is 9.36 Å². The lowest BCUT2D eigenvalue weighted by Gasteiger charge is -2.19. The summed E-state index contributed by atoms with van der Waals surface area (Å²) in [7, 11) is -5.51. The number of rotatable bonds is 40. The van der Waals surface area contributed by atoms with Crippen LogP contribution in [0, 0.1) is 0 Å². The molecule has 0 aromatic heterocycles. The van der Waals surface area contributed by atoms with Gasteiger partial charge in [-0.25, -0.2) is 0 Å². The summed E-state index contributed by atoms with van der Waals surface area (Å²) >= 11 is 1.58. The molecular weight excluding hydrogens is 701 g/mol. The van der Waals surface area contributed by atoms with E-state index in [1.807, 2.05) is 0 Å². The van der Waals surface area contributed by atoms with Crippen molar-refractivity contribution in [2.75, 3.05) is 64.3 Å². The number of hydrogen-bond donors (Lipinski definition) is 4. The molecule has 5 N–H and O–H groups in total. The van der Waals surface area contributed by atoms with Gasteiger partial charge in [0.1, 0.15) is 0 Å². The van der Waals surface area contributed by atoms with Gasteiger partial charge in [0.2, 0.25) is 5.91 Å². The van der Waals surface area contributed by atoms with E-state index in [0.29, 0.717) is 24.7 Å². The Labute approximate surface area is 313 Å². The Balaban J connectivity index is 4.22. The lowest BCUT2D eigenvalue weighted by atomic mass is 10.1. The zero-order chi connectivity index (χ0) is 37.9. The molecular formula is C37H75F2N2O8PS. The number of nitrogens with one attached hydrogen (secondary N) is 1. The molecule has 51 heavy (non-hydrogen) atoms. The molecule has 0 rings (SSSR count). The molecule has 2 atom stereocenters. The predicted octanol–water partition coefficient (Wildman–Crippen LogP) is 8.60. The third-order valence-corrected chi connectivity index (χ3v) is 10.9. The molecule has 0 spiro atoms. The van der Waals surface area contributed by atoms with Crippen molar-refractivity contribution in [2.45, 2.75) is 166 Å². The second-order valence-corrected chi connectivity index (χ2v) is 16.4. The van der Waals surface area contributed by atoms with Crippen molar-refractivity contribution < 1.29 is 46.9 Å². The van der Waals surface area contributed by atoms with Gasteiger partial charge in [0.05, 0.1) is 45.2 Å². The molecule has 0 unspecified atom stereocenters. The SMILES string of the molecule is CCCCCCCCCCCCOC[C@H](CSC[C@H](N)C(=O)NCCOCCOCCC(F)(F)P(=O)(O)O)OCCCCCCCCCCCC. The first-order valence-corrected chi connectivity index (χ1v) is 22.7. The van der Waals surface area contributed by atoms with E-state index >= 15 is 0 Å². The van der Waals surface area contributed by atoms with Crippen LogP contribution in [0.15, 0.2) is 0 Å². The van der Waals surface area contributed by atoms with E-state index in [-0.39, 0.29) is 38.4 Å². The summed E-state index contributed by atoms with van der Waals surface area (Å²) in [5.74, 6) is 0.845. The fourth-order valence-corrected chi connectivity index (χ4v) is 6.71. The zero-order valence-electron chi connectivity index (χ0n) is 32.1. The summed E-state index contributed by atoms with van der Waals surface area (Å²) in [5, 5.41) is 2.73. The van der Waals surface area contributed by atoms with Crippen LogP contribution in [0.3, 0.4) is 0 Å². The third-order valence-electron chi connectivity index (χ3n) is 8.63. The van der Waals surface area contributed by atoms with Gasteiger partial charge < -0.3 is 39.8 Å². The van der Waals surface area contributed by atoms with E-state index in [1.165, 1.54) is 116 Å². The minimum absolute atomic E-state index is 0.0211. The molecule has 0 radical (unpaired) electrons. The van der Waals surface area contributed by atoms with Crippen LogP contribution in [0.5, 0.6) is 0 Å². The van der Waals surface area contributed by atoms with E-state index < -0.39 is 32.3 Å². The van der Waals surface area contributed by atoms with Gasteiger partial charge in [0.15, 0.2) is 0 Å². The van der Waals surface area contributed by atoms with Crippen LogP contribution in [0.25, 0.3) is 0 Å². The second kappa shape index (κ2) is 35.3. The molecule has 0 fully saturated rings. The molecule has 0 saturated carbocycles. The van der Waals surface area contributed by atoms with E-state index in [2.05, 4.69) is 19.2 Å². The molecule has 0 aliphatic rings. The molecule has 306 valence electrons. The maximum Gasteiger partial charge on any atom is 0.394 e. The Morgan fingerprint density at radius 2 is 1.16 bits per heavy atom. The Kier molecular flexibility index (Phi) is 35.1. The Morgan fingerprint density at radius 3 is 1.67 bits per heavy atom. The first-order valence-electron chi connectivity index (χ1n) is 19.9. The van der Waals surface area contributed by atoms with Gasteiger partial charge in [-0.05, 0) is 12.8 Å². The molecule has 0 aromatic carbocycles. The normalized spacial score (nSPS) is 13.5. The molecule has 0 aromatic rings. The van der Waals surface area contributed by atoms with Crippen molar-refractivity contribution in [3.05, 3.63) is 0 Å². The van der Waals surface area contributed by atoms with Crippen LogP contribution in [0.4, 0.5) is 8.78 Å². The van der Waals surface area contributed by atoms with Crippen LogP contribution in [0.2, 0.25) is 0 Å². The van der Waals surface area contributed by atoms with Gasteiger partial charge >= 0.3 is 13.3 Å². The van der Waals surface area contributed by atoms with Crippen molar-refractivity contribution in [3.8, 4) is 0 Å². The van der Waals surface area contributed by atoms with Gasteiger partial charge in [-0.1, -0.05) is 129 Å². The standard InChI is InChI=1S/C37H75F2N2O8PS/c1-3-5-7-9-11-13-15-17-19-21-25-48-31-34(49-26-22-20-18-16-14-12-10-8-6-4-2)32-51-33-35(40)36(42)41-24-28-47-30-29-46-27-23-37(38,39)50(43,44)45/h34-35H,3-33,40H2,1-2H3,(H,41,42)(H2,43,44,45)/t34-,35+/m1/s1. The summed E-state index contributed by atoms with van der Waals surface area (Å²) in [6, 6.07) is -0.691. The topological polar surface area (TPSA) is 150 Å². The fraction of sp³-hybridized carbons (Fsp3) is 0.973. The van der Waals surface area contributed by atoms with E-state index in [9.17, 15) is 18.1 Å². The number of hydrogen-bond acceptors (Lipinski definition) is 8. The average molecular weight is 777 g/mol. The predicted molar refractivity (Wildman–Crippen MR) is 206 cm³/mol. The first-order chi connectivity index (χ1) is 24.5. The van der Waals surface area contributed by atoms with Crippen LogP contribution >= 0.6 is 19.4 Å². The van der Waals surface area contributed by atoms with Crippen LogP contribution in [-0.2, 0) is 28.3 Å². The van der Waals surface area contributed by atoms with Gasteiger partial charge in [0, 0.05) is 37.7 Å². The molecule has 1 amide bonds. The highest BCUT2D eigenvalue weighted by atomic mass is 32.2. The highest BCUT2D eigenvalue weighted by Crippen LogP contribution is 2.54. The lowest BCUT2D eigenvalue weighted by Crippen LogP contribution is -2.43. The summed E-state index contributed by atoms with van der Waals surface area (Å²) in [5.41, 5.74) is 2.00. The molecule has 0 saturated heterocycles. The van der Waals surface area contributed by atoms with Crippen molar-refractivity contribution in [2.24, 2.45) is 5.73 Å². The maximum absolute atomic E-state index is 13.2. The number of unbranched alkanes of at least 4 members (excludes halogenated alkanes) is 18. The maximum atomic E-state index is 13.2. The zero-order valence-corrected chi connectivity index (χ0v) is 33.8. The molecule has 10 nitrogen and oxygen atoms in total. The van der Waals surface area contributed by atoms with Crippen LogP contribution in [-0.4, -0.2) is 97.8 Å². The number of amides is 1. The Hall–Kier alpha value is -0.370. The fourth-order valence-electron chi connectivity index (χ4n) is 5.33. The van der Waals surface area contributed by atoms with Crippen molar-refractivity contribution in [1.29, 1.82) is 0 Å². The number of alkyl halides is 2. The van der Waals surface area contributed by atoms with E-state index in [4.69, 9.17) is 34.5 Å². The van der Waals surface area contributed by atoms with Crippen LogP contribution < -0.4 is 11.1 Å². The summed E-state index contributed by atoms with van der Waals surface area (Å²) in [4.78, 5) is 29.6. The molecule has 0 bridgehead atoms. The average Bonchev–Trinajstić information content (AvgIpc) is 3.09. The summed E-state index contributed by atoms with van der Waals surface area (Å²) in [6.07, 6.45) is 24.5. The summed E-state index contributed by atoms with van der Waals surface area (Å²) in [6.45, 7) is 6.44. The molecule has 0 aliphatic carbocycles. The van der Waals surface area contributed by atoms with E-state index in [1.54, 1.807) is 11.8 Å². The number of halogens is 2. The van der Waals surface area contributed by atoms with Crippen LogP contribution in [0.1, 0.15) is 149 Å². The highest BCUT2D eigenvalue weighted by Gasteiger charge is 2.48. The quantitative estimate of drug-likeness (QED) is 0.0352. The van der Waals surface area contributed by atoms with Crippen molar-refractivity contribution >= 4 is 25.3 Å². The third kappa shape index (κ3) is 32.8. The number of thioether (sulfide) groups is 1. The van der Waals surface area contributed by atoms with Crippen molar-refractivity contribution in [3.63, 3.8) is 0 Å². The molecule has 0 heterocycles. The number of nitrogens with two attached hydrogens (primary N) is 1. The highest BCUT2D eigenvalue weighted by molar-refractivity contribution is 7.99. The largest absolute Gasteiger partial charge is 0.394 e.